The summed E-state index contributed by atoms with van der Waals surface area (Å²) < 4.78 is 2.13. The number of benzene rings is 2. The fourth-order valence-electron chi connectivity index (χ4n) is 7.16. The van der Waals surface area contributed by atoms with Crippen LogP contribution in [0, 0.1) is 16.7 Å². The monoisotopic (exact) mass is 482 g/mol. The molecule has 2 bridgehead atoms. The number of rotatable bonds is 4. The summed E-state index contributed by atoms with van der Waals surface area (Å²) in [6.45, 7) is 8.46. The van der Waals surface area contributed by atoms with Crippen molar-refractivity contribution in [1.29, 1.82) is 0 Å². The van der Waals surface area contributed by atoms with Crippen molar-refractivity contribution < 1.29 is 9.59 Å². The van der Waals surface area contributed by atoms with Crippen LogP contribution in [0.3, 0.4) is 0 Å². The SMILES string of the molecule is CC12CCC(C1)C(C)(C)C2NC(=O)c1nc(-c2ccccc2)n2c1CN(C(=O)c1ccccc1)CC2. The van der Waals surface area contributed by atoms with E-state index < -0.39 is 0 Å². The number of aromatic nitrogens is 2. The van der Waals surface area contributed by atoms with Gasteiger partial charge in [0.05, 0.1) is 12.2 Å². The molecule has 1 N–H and O–H groups in total. The van der Waals surface area contributed by atoms with E-state index >= 15 is 0 Å². The Bertz CT molecular complexity index is 1310. The van der Waals surface area contributed by atoms with E-state index in [0.717, 1.165) is 23.5 Å². The van der Waals surface area contributed by atoms with Gasteiger partial charge in [0.25, 0.3) is 11.8 Å². The molecule has 36 heavy (non-hydrogen) atoms. The molecule has 186 valence electrons. The first-order chi connectivity index (χ1) is 17.3. The van der Waals surface area contributed by atoms with Crippen molar-refractivity contribution in [2.24, 2.45) is 16.7 Å². The summed E-state index contributed by atoms with van der Waals surface area (Å²) in [7, 11) is 0. The van der Waals surface area contributed by atoms with Crippen LogP contribution < -0.4 is 5.32 Å². The highest BCUT2D eigenvalue weighted by Gasteiger charge is 2.59. The lowest BCUT2D eigenvalue weighted by molar-refractivity contribution is 0.0693. The Morgan fingerprint density at radius 3 is 2.33 bits per heavy atom. The van der Waals surface area contributed by atoms with Crippen LogP contribution in [0.5, 0.6) is 0 Å². The molecule has 1 aromatic heterocycles. The van der Waals surface area contributed by atoms with Gasteiger partial charge in [-0.3, -0.25) is 9.59 Å². The summed E-state index contributed by atoms with van der Waals surface area (Å²) in [6.07, 6.45) is 3.56. The molecule has 3 atom stereocenters. The lowest BCUT2D eigenvalue weighted by Crippen LogP contribution is -2.52. The molecular formula is C30H34N4O2. The van der Waals surface area contributed by atoms with Crippen LogP contribution in [0.4, 0.5) is 0 Å². The van der Waals surface area contributed by atoms with Gasteiger partial charge in [0.2, 0.25) is 0 Å². The van der Waals surface area contributed by atoms with Gasteiger partial charge >= 0.3 is 0 Å². The second kappa shape index (κ2) is 8.32. The fraction of sp³-hybridized carbons (Fsp3) is 0.433. The van der Waals surface area contributed by atoms with Crippen LogP contribution in [-0.4, -0.2) is 38.9 Å². The molecule has 2 amide bonds. The highest BCUT2D eigenvalue weighted by Crippen LogP contribution is 2.62. The van der Waals surface area contributed by atoms with Crippen molar-refractivity contribution in [3.63, 3.8) is 0 Å². The predicted molar refractivity (Wildman–Crippen MR) is 139 cm³/mol. The number of hydrogen-bond acceptors (Lipinski definition) is 3. The topological polar surface area (TPSA) is 67.2 Å². The second-order valence-electron chi connectivity index (χ2n) is 11.7. The zero-order chi connectivity index (χ0) is 25.1. The third-order valence-electron chi connectivity index (χ3n) is 9.11. The lowest BCUT2D eigenvalue weighted by atomic mass is 9.68. The molecule has 2 aliphatic carbocycles. The number of carbonyl (C=O) groups is 2. The van der Waals surface area contributed by atoms with E-state index in [1.165, 1.54) is 12.8 Å². The number of carbonyl (C=O) groups excluding carboxylic acids is 2. The van der Waals surface area contributed by atoms with Crippen molar-refractivity contribution in [2.75, 3.05) is 6.54 Å². The second-order valence-corrected chi connectivity index (χ2v) is 11.7. The highest BCUT2D eigenvalue weighted by molar-refractivity contribution is 5.96. The first-order valence-corrected chi connectivity index (χ1v) is 13.1. The molecule has 1 aliphatic heterocycles. The van der Waals surface area contributed by atoms with Gasteiger partial charge in [0, 0.05) is 30.3 Å². The third kappa shape index (κ3) is 3.57. The Balaban J connectivity index is 1.36. The van der Waals surface area contributed by atoms with Gasteiger partial charge in [-0.25, -0.2) is 4.98 Å². The minimum Gasteiger partial charge on any atom is -0.347 e. The maximum atomic E-state index is 13.9. The fourth-order valence-corrected chi connectivity index (χ4v) is 7.16. The van der Waals surface area contributed by atoms with Crippen LogP contribution in [0.1, 0.15) is 66.6 Å². The Morgan fingerprint density at radius 1 is 0.972 bits per heavy atom. The van der Waals surface area contributed by atoms with Gasteiger partial charge in [-0.2, -0.15) is 0 Å². The normalized spacial score (nSPS) is 26.0. The average molecular weight is 483 g/mol. The van der Waals surface area contributed by atoms with Crippen LogP contribution in [0.2, 0.25) is 0 Å². The molecule has 6 heteroatoms. The maximum Gasteiger partial charge on any atom is 0.272 e. The van der Waals surface area contributed by atoms with Crippen molar-refractivity contribution in [2.45, 2.75) is 59.2 Å². The Morgan fingerprint density at radius 2 is 1.67 bits per heavy atom. The molecule has 6 rings (SSSR count). The standard InChI is InChI=1S/C30H34N4O2/c1-29(2)22-14-15-30(3,18-22)28(29)32-26(35)24-23-19-33(27(36)21-12-8-5-9-13-21)16-17-34(23)25(31-24)20-10-6-4-7-11-20/h4-13,22,28H,14-19H2,1-3H3,(H,32,35). The number of hydrogen-bond donors (Lipinski definition) is 1. The molecular weight excluding hydrogens is 448 g/mol. The van der Waals surface area contributed by atoms with Crippen molar-refractivity contribution in [1.82, 2.24) is 19.8 Å². The van der Waals surface area contributed by atoms with Gasteiger partial charge in [0.15, 0.2) is 5.69 Å². The zero-order valence-corrected chi connectivity index (χ0v) is 21.3. The quantitative estimate of drug-likeness (QED) is 0.559. The average Bonchev–Trinajstić information content (AvgIpc) is 3.53. The molecule has 3 aliphatic rings. The van der Waals surface area contributed by atoms with Crippen LogP contribution in [0.25, 0.3) is 11.4 Å². The van der Waals surface area contributed by atoms with Crippen LogP contribution in [-0.2, 0) is 13.1 Å². The maximum absolute atomic E-state index is 13.9. The summed E-state index contributed by atoms with van der Waals surface area (Å²) in [6, 6.07) is 19.5. The van der Waals surface area contributed by atoms with Gasteiger partial charge in [-0.05, 0) is 48.1 Å². The lowest BCUT2D eigenvalue weighted by Gasteiger charge is -2.43. The summed E-state index contributed by atoms with van der Waals surface area (Å²) in [4.78, 5) is 33.9. The summed E-state index contributed by atoms with van der Waals surface area (Å²) in [5.41, 5.74) is 3.08. The first-order valence-electron chi connectivity index (χ1n) is 13.1. The number of imidazole rings is 1. The minimum atomic E-state index is -0.123. The number of nitrogens with one attached hydrogen (secondary N) is 1. The van der Waals surface area contributed by atoms with Gasteiger partial charge in [-0.1, -0.05) is 69.3 Å². The molecule has 0 saturated heterocycles. The summed E-state index contributed by atoms with van der Waals surface area (Å²) in [5.74, 6) is 1.29. The van der Waals surface area contributed by atoms with Gasteiger partial charge in [-0.15, -0.1) is 0 Å². The van der Waals surface area contributed by atoms with E-state index in [4.69, 9.17) is 4.98 Å². The van der Waals surface area contributed by atoms with E-state index in [-0.39, 0.29) is 28.7 Å². The van der Waals surface area contributed by atoms with E-state index in [9.17, 15) is 9.59 Å². The Labute approximate surface area is 212 Å². The van der Waals surface area contributed by atoms with Crippen molar-refractivity contribution in [3.05, 3.63) is 77.6 Å². The summed E-state index contributed by atoms with van der Waals surface area (Å²) >= 11 is 0. The van der Waals surface area contributed by atoms with Crippen LogP contribution >= 0.6 is 0 Å². The van der Waals surface area contributed by atoms with Gasteiger partial charge < -0.3 is 14.8 Å². The summed E-state index contributed by atoms with van der Waals surface area (Å²) in [5, 5.41) is 3.43. The third-order valence-corrected chi connectivity index (χ3v) is 9.11. The minimum absolute atomic E-state index is 0.0163. The molecule has 3 aromatic rings. The molecule has 3 unspecified atom stereocenters. The van der Waals surface area contributed by atoms with E-state index in [1.54, 1.807) is 0 Å². The Hall–Kier alpha value is -3.41. The largest absolute Gasteiger partial charge is 0.347 e. The molecule has 0 spiro atoms. The van der Waals surface area contributed by atoms with E-state index in [0.29, 0.717) is 36.8 Å². The number of fused-ring (bicyclic) bond motifs is 3. The first kappa shape index (κ1) is 23.0. The molecule has 2 heterocycles. The highest BCUT2D eigenvalue weighted by atomic mass is 16.2. The van der Waals surface area contributed by atoms with Crippen molar-refractivity contribution in [3.8, 4) is 11.4 Å². The van der Waals surface area contributed by atoms with E-state index in [2.05, 4.69) is 30.7 Å². The number of amides is 2. The molecule has 2 saturated carbocycles. The zero-order valence-electron chi connectivity index (χ0n) is 21.3. The van der Waals surface area contributed by atoms with Gasteiger partial charge in [0.1, 0.15) is 5.82 Å². The van der Waals surface area contributed by atoms with Crippen molar-refractivity contribution >= 4 is 11.8 Å². The molecule has 6 nitrogen and oxygen atoms in total. The molecule has 0 radical (unpaired) electrons. The predicted octanol–water partition coefficient (Wildman–Crippen LogP) is 5.15. The molecule has 2 fully saturated rings. The van der Waals surface area contributed by atoms with E-state index in [1.807, 2.05) is 65.6 Å². The molecule has 2 aromatic carbocycles. The smallest absolute Gasteiger partial charge is 0.272 e. The number of nitrogens with zero attached hydrogens (tertiary/aromatic N) is 3. The Kier molecular flexibility index (Phi) is 5.32. The van der Waals surface area contributed by atoms with Crippen LogP contribution in [0.15, 0.2) is 60.7 Å².